The summed E-state index contributed by atoms with van der Waals surface area (Å²) in [5.74, 6) is 1.72. The van der Waals surface area contributed by atoms with Crippen LogP contribution in [0, 0.1) is 0 Å². The number of anilines is 6. The van der Waals surface area contributed by atoms with Crippen molar-refractivity contribution in [3.05, 3.63) is 197 Å². The molecule has 7 aromatic rings. The number of benzene rings is 7. The predicted octanol–water partition coefficient (Wildman–Crippen LogP) is 9.51. The van der Waals surface area contributed by atoms with Gasteiger partial charge in [0.15, 0.2) is 20.2 Å². The fraction of sp³-hybridized carbons (Fsp3) is 0.118. The van der Waals surface area contributed by atoms with Gasteiger partial charge in [-0.05, 0) is 109 Å². The molecular formula is C51H42N6O6. The molecule has 3 aliphatic heterocycles. The number of amides is 3. The van der Waals surface area contributed by atoms with Crippen LogP contribution in [0.5, 0.6) is 17.2 Å². The summed E-state index contributed by atoms with van der Waals surface area (Å²) in [5, 5.41) is 8.94. The van der Waals surface area contributed by atoms with Crippen LogP contribution in [-0.2, 0) is 19.6 Å². The zero-order valence-electron chi connectivity index (χ0n) is 34.1. The van der Waals surface area contributed by atoms with E-state index in [1.54, 1.807) is 36.4 Å². The molecule has 0 unspecified atom stereocenters. The first-order chi connectivity index (χ1) is 30.9. The molecule has 0 radical (unpaired) electrons. The highest BCUT2D eigenvalue weighted by molar-refractivity contribution is 6.05. The van der Waals surface area contributed by atoms with Crippen molar-refractivity contribution in [3.8, 4) is 17.2 Å². The van der Waals surface area contributed by atoms with E-state index in [-0.39, 0.29) is 17.7 Å². The summed E-state index contributed by atoms with van der Waals surface area (Å²) in [5.41, 5.74) is 9.42. The lowest BCUT2D eigenvalue weighted by Crippen LogP contribution is -2.39. The first-order valence-electron chi connectivity index (χ1n) is 20.7. The summed E-state index contributed by atoms with van der Waals surface area (Å²) in [4.78, 5) is 44.9. The van der Waals surface area contributed by atoms with Crippen LogP contribution in [-0.4, -0.2) is 37.9 Å². The molecule has 7 aromatic carbocycles. The quantitative estimate of drug-likeness (QED) is 0.131. The Bertz CT molecular complexity index is 2460. The van der Waals surface area contributed by atoms with Gasteiger partial charge >= 0.3 is 0 Å². The number of rotatable bonds is 9. The Balaban J connectivity index is 0.913. The molecule has 12 nitrogen and oxygen atoms in total. The largest absolute Gasteiger partial charge is 0.472 e. The van der Waals surface area contributed by atoms with Crippen LogP contribution in [0.2, 0.25) is 0 Å². The number of ether oxygens (including phenoxy) is 3. The van der Waals surface area contributed by atoms with Gasteiger partial charge in [0.05, 0.1) is 36.3 Å². The number of hydrogen-bond acceptors (Lipinski definition) is 9. The van der Waals surface area contributed by atoms with Crippen LogP contribution >= 0.6 is 0 Å². The molecule has 3 N–H and O–H groups in total. The fourth-order valence-electron chi connectivity index (χ4n) is 8.09. The van der Waals surface area contributed by atoms with Crippen molar-refractivity contribution in [2.24, 2.45) is 0 Å². The number of nitrogens with one attached hydrogen (secondary N) is 3. The third kappa shape index (κ3) is 8.17. The monoisotopic (exact) mass is 834 g/mol. The van der Waals surface area contributed by atoms with Gasteiger partial charge < -0.3 is 44.9 Å². The van der Waals surface area contributed by atoms with Crippen LogP contribution in [0.3, 0.4) is 0 Å². The van der Waals surface area contributed by atoms with E-state index in [1.807, 2.05) is 127 Å². The van der Waals surface area contributed by atoms with E-state index in [2.05, 4.69) is 30.7 Å². The standard InChI is InChI=1S/C51H42N6O6/c58-49(34-10-4-1-5-11-34)52-37-16-22-40(23-17-37)55-28-43-46(61-31-55)44-29-56(41-24-18-38(19-25-41)53-50(59)35-12-6-2-7-13-35)33-63-48(44)45-30-57(32-62-47(43)45)42-26-20-39(21-27-42)54-51(60)36-14-8-3-9-15-36/h1-27H,28-33H2,(H,52,58)(H,53,59)(H,54,60). The fourth-order valence-corrected chi connectivity index (χ4v) is 8.09. The molecular weight excluding hydrogens is 793 g/mol. The highest BCUT2D eigenvalue weighted by atomic mass is 16.5. The molecule has 3 heterocycles. The summed E-state index contributed by atoms with van der Waals surface area (Å²) < 4.78 is 20.0. The van der Waals surface area contributed by atoms with E-state index in [1.165, 1.54) is 0 Å². The summed E-state index contributed by atoms with van der Waals surface area (Å²) in [6.45, 7) is 2.44. The van der Waals surface area contributed by atoms with Gasteiger partial charge in [-0.1, -0.05) is 54.6 Å². The van der Waals surface area contributed by atoms with Crippen LogP contribution in [0.25, 0.3) is 0 Å². The third-order valence-corrected chi connectivity index (χ3v) is 11.4. The Morgan fingerprint density at radius 1 is 0.349 bits per heavy atom. The maximum atomic E-state index is 12.8. The van der Waals surface area contributed by atoms with Gasteiger partial charge in [0.25, 0.3) is 17.7 Å². The second kappa shape index (κ2) is 17.0. The minimum Gasteiger partial charge on any atom is -0.472 e. The van der Waals surface area contributed by atoms with Crippen molar-refractivity contribution in [1.82, 2.24) is 0 Å². The molecule has 0 bridgehead atoms. The van der Waals surface area contributed by atoms with E-state index < -0.39 is 0 Å². The van der Waals surface area contributed by atoms with Crippen LogP contribution in [0.15, 0.2) is 164 Å². The molecule has 0 atom stereocenters. The summed E-state index contributed by atoms with van der Waals surface area (Å²) >= 11 is 0. The summed E-state index contributed by atoms with van der Waals surface area (Å²) in [6, 6.07) is 50.6. The number of carbonyl (C=O) groups is 3. The Labute approximate surface area is 364 Å². The number of hydrogen-bond donors (Lipinski definition) is 3. The molecule has 10 rings (SSSR count). The van der Waals surface area contributed by atoms with Crippen molar-refractivity contribution >= 4 is 51.8 Å². The van der Waals surface area contributed by atoms with E-state index >= 15 is 0 Å². The van der Waals surface area contributed by atoms with Crippen molar-refractivity contribution in [3.63, 3.8) is 0 Å². The maximum absolute atomic E-state index is 12.8. The maximum Gasteiger partial charge on any atom is 0.255 e. The Morgan fingerprint density at radius 2 is 0.603 bits per heavy atom. The van der Waals surface area contributed by atoms with Crippen molar-refractivity contribution in [1.29, 1.82) is 0 Å². The van der Waals surface area contributed by atoms with Crippen molar-refractivity contribution in [2.45, 2.75) is 19.6 Å². The van der Waals surface area contributed by atoms with Crippen LogP contribution in [0.1, 0.15) is 47.8 Å². The van der Waals surface area contributed by atoms with E-state index in [9.17, 15) is 14.4 Å². The van der Waals surface area contributed by atoms with E-state index in [0.717, 1.165) is 51.0 Å². The summed E-state index contributed by atoms with van der Waals surface area (Å²) in [6.07, 6.45) is 0. The molecule has 0 spiro atoms. The molecule has 0 fully saturated rings. The third-order valence-electron chi connectivity index (χ3n) is 11.4. The summed E-state index contributed by atoms with van der Waals surface area (Å²) in [7, 11) is 0. The molecule has 0 aromatic heterocycles. The zero-order chi connectivity index (χ0) is 42.7. The first kappa shape index (κ1) is 38.9. The molecule has 0 aliphatic carbocycles. The zero-order valence-corrected chi connectivity index (χ0v) is 34.1. The average Bonchev–Trinajstić information content (AvgIpc) is 3.35. The number of nitrogens with zero attached hydrogens (tertiary/aromatic N) is 3. The van der Waals surface area contributed by atoms with Gasteiger partial charge in [0, 0.05) is 50.8 Å². The van der Waals surface area contributed by atoms with Gasteiger partial charge in [0.2, 0.25) is 0 Å². The van der Waals surface area contributed by atoms with Crippen molar-refractivity contribution < 1.29 is 28.6 Å². The minimum atomic E-state index is -0.172. The predicted molar refractivity (Wildman–Crippen MR) is 244 cm³/mol. The second-order valence-corrected chi connectivity index (χ2v) is 15.4. The Morgan fingerprint density at radius 3 is 0.857 bits per heavy atom. The lowest BCUT2D eigenvalue weighted by Gasteiger charge is -2.41. The lowest BCUT2D eigenvalue weighted by atomic mass is 9.96. The molecule has 12 heteroatoms. The molecule has 3 amide bonds. The van der Waals surface area contributed by atoms with Gasteiger partial charge in [-0.2, -0.15) is 0 Å². The Kier molecular flexibility index (Phi) is 10.5. The van der Waals surface area contributed by atoms with Gasteiger partial charge in [0.1, 0.15) is 17.2 Å². The molecule has 63 heavy (non-hydrogen) atoms. The van der Waals surface area contributed by atoms with Gasteiger partial charge in [-0.3, -0.25) is 14.4 Å². The SMILES string of the molecule is O=C(Nc1ccc(N2COc3c(c4c(c5c3CN(c3ccc(NC(=O)c6ccccc6)cc3)CO5)CN(c3ccc(NC(=O)c5ccccc5)cc3)CO4)C2)cc1)c1ccccc1. The average molecular weight is 835 g/mol. The Hall–Kier alpha value is -8.25. The van der Waals surface area contributed by atoms with E-state index in [0.29, 0.717) is 73.6 Å². The second-order valence-electron chi connectivity index (χ2n) is 15.4. The van der Waals surface area contributed by atoms with E-state index in [4.69, 9.17) is 14.2 Å². The van der Waals surface area contributed by atoms with Crippen LogP contribution < -0.4 is 44.9 Å². The number of carbonyl (C=O) groups excluding carboxylic acids is 3. The molecule has 0 saturated heterocycles. The highest BCUT2D eigenvalue weighted by Gasteiger charge is 2.37. The molecule has 0 saturated carbocycles. The topological polar surface area (TPSA) is 125 Å². The number of fused-ring (bicyclic) bond motifs is 6. The minimum absolute atomic E-state index is 0.172. The van der Waals surface area contributed by atoms with Crippen LogP contribution in [0.4, 0.5) is 34.1 Å². The van der Waals surface area contributed by atoms with Crippen molar-refractivity contribution in [2.75, 3.05) is 50.8 Å². The van der Waals surface area contributed by atoms with Gasteiger partial charge in [-0.15, -0.1) is 0 Å². The smallest absolute Gasteiger partial charge is 0.255 e. The normalized spacial score (nSPS) is 13.8. The highest BCUT2D eigenvalue weighted by Crippen LogP contribution is 2.50. The first-order valence-corrected chi connectivity index (χ1v) is 20.7. The van der Waals surface area contributed by atoms with Gasteiger partial charge in [-0.25, -0.2) is 0 Å². The lowest BCUT2D eigenvalue weighted by molar-refractivity contribution is 0.101. The molecule has 312 valence electrons. The molecule has 3 aliphatic rings.